The first kappa shape index (κ1) is 11.3. The molecule has 0 atom stereocenters. The summed E-state index contributed by atoms with van der Waals surface area (Å²) in [5.41, 5.74) is 6.63. The quantitative estimate of drug-likeness (QED) is 0.574. The Kier molecular flexibility index (Phi) is 3.11. The summed E-state index contributed by atoms with van der Waals surface area (Å²) in [7, 11) is 0. The molecular formula is C10H9ClN2O2. The predicted octanol–water partition coefficient (Wildman–Crippen LogP) is 1.12. The maximum absolute atomic E-state index is 11.3. The summed E-state index contributed by atoms with van der Waals surface area (Å²) in [5, 5.41) is 0. The molecule has 1 aromatic carbocycles. The van der Waals surface area contributed by atoms with Crippen molar-refractivity contribution in [3.63, 3.8) is 0 Å². The van der Waals surface area contributed by atoms with Gasteiger partial charge in [0.05, 0.1) is 5.69 Å². The Morgan fingerprint density at radius 3 is 1.87 bits per heavy atom. The monoisotopic (exact) mass is 224 g/mol. The van der Waals surface area contributed by atoms with Crippen molar-refractivity contribution < 1.29 is 9.59 Å². The molecule has 0 aromatic heterocycles. The van der Waals surface area contributed by atoms with Crippen molar-refractivity contribution in [2.75, 3.05) is 10.6 Å². The lowest BCUT2D eigenvalue weighted by Gasteiger charge is -2.13. The van der Waals surface area contributed by atoms with Gasteiger partial charge < -0.3 is 5.73 Å². The van der Waals surface area contributed by atoms with Gasteiger partial charge in [-0.15, -0.1) is 12.4 Å². The summed E-state index contributed by atoms with van der Waals surface area (Å²) >= 11 is 0. The van der Waals surface area contributed by atoms with Crippen molar-refractivity contribution >= 4 is 35.6 Å². The Bertz CT molecular complexity index is 408. The van der Waals surface area contributed by atoms with E-state index in [1.54, 1.807) is 24.3 Å². The minimum absolute atomic E-state index is 0. The summed E-state index contributed by atoms with van der Waals surface area (Å²) in [4.78, 5) is 23.6. The van der Waals surface area contributed by atoms with Gasteiger partial charge in [0.25, 0.3) is 11.8 Å². The topological polar surface area (TPSA) is 63.4 Å². The van der Waals surface area contributed by atoms with Crippen molar-refractivity contribution in [3.8, 4) is 0 Å². The number of imide groups is 1. The molecule has 1 aromatic rings. The van der Waals surface area contributed by atoms with E-state index in [0.29, 0.717) is 11.4 Å². The van der Waals surface area contributed by atoms with Crippen LogP contribution in [0.5, 0.6) is 0 Å². The number of amides is 2. The van der Waals surface area contributed by atoms with Crippen LogP contribution in [0.25, 0.3) is 0 Å². The molecule has 0 aliphatic carbocycles. The fraction of sp³-hybridized carbons (Fsp3) is 0. The van der Waals surface area contributed by atoms with Crippen molar-refractivity contribution in [2.45, 2.75) is 0 Å². The third-order valence-electron chi connectivity index (χ3n) is 1.96. The number of anilines is 2. The highest BCUT2D eigenvalue weighted by Crippen LogP contribution is 2.19. The number of nitrogens with two attached hydrogens (primary N) is 1. The van der Waals surface area contributed by atoms with Crippen molar-refractivity contribution in [2.24, 2.45) is 0 Å². The van der Waals surface area contributed by atoms with Crippen molar-refractivity contribution in [3.05, 3.63) is 36.4 Å². The van der Waals surface area contributed by atoms with Gasteiger partial charge >= 0.3 is 0 Å². The second kappa shape index (κ2) is 4.14. The first-order valence-corrected chi connectivity index (χ1v) is 4.10. The molecule has 2 amide bonds. The average molecular weight is 225 g/mol. The number of carbonyl (C=O) groups is 2. The lowest BCUT2D eigenvalue weighted by atomic mass is 10.2. The Labute approximate surface area is 92.8 Å². The summed E-state index contributed by atoms with van der Waals surface area (Å²) in [6, 6.07) is 6.57. The number of carbonyl (C=O) groups excluding carboxylic acids is 2. The fourth-order valence-corrected chi connectivity index (χ4v) is 1.28. The van der Waals surface area contributed by atoms with Crippen LogP contribution in [0.3, 0.4) is 0 Å². The van der Waals surface area contributed by atoms with E-state index in [9.17, 15) is 9.59 Å². The highest BCUT2D eigenvalue weighted by molar-refractivity contribution is 6.28. The summed E-state index contributed by atoms with van der Waals surface area (Å²) in [5.74, 6) is -0.639. The lowest BCUT2D eigenvalue weighted by molar-refractivity contribution is -0.119. The number of nitrogens with zero attached hydrogens (tertiary/aromatic N) is 1. The lowest BCUT2D eigenvalue weighted by Crippen LogP contribution is -2.29. The second-order valence-corrected chi connectivity index (χ2v) is 2.94. The van der Waals surface area contributed by atoms with Crippen LogP contribution in [0.15, 0.2) is 36.4 Å². The Hall–Kier alpha value is -1.81. The minimum Gasteiger partial charge on any atom is -0.399 e. The molecule has 0 unspecified atom stereocenters. The molecule has 0 spiro atoms. The van der Waals surface area contributed by atoms with Crippen LogP contribution >= 0.6 is 12.4 Å². The minimum atomic E-state index is -0.320. The Morgan fingerprint density at radius 1 is 0.933 bits per heavy atom. The van der Waals surface area contributed by atoms with Crippen LogP contribution in [0.2, 0.25) is 0 Å². The van der Waals surface area contributed by atoms with Crippen LogP contribution in [-0.2, 0) is 9.59 Å². The van der Waals surface area contributed by atoms with Gasteiger partial charge in [0, 0.05) is 17.8 Å². The molecular weight excluding hydrogens is 216 g/mol. The number of hydrogen-bond donors (Lipinski definition) is 1. The van der Waals surface area contributed by atoms with Crippen LogP contribution in [0, 0.1) is 0 Å². The maximum Gasteiger partial charge on any atom is 0.258 e. The second-order valence-electron chi connectivity index (χ2n) is 2.94. The SMILES string of the molecule is Cl.Nc1ccc(N2C(=O)C=CC2=O)cc1. The van der Waals surface area contributed by atoms with Crippen molar-refractivity contribution in [1.29, 1.82) is 0 Å². The number of nitrogen functional groups attached to an aromatic ring is 1. The first-order valence-electron chi connectivity index (χ1n) is 4.10. The Morgan fingerprint density at radius 2 is 1.40 bits per heavy atom. The predicted molar refractivity (Wildman–Crippen MR) is 59.7 cm³/mol. The summed E-state index contributed by atoms with van der Waals surface area (Å²) < 4.78 is 0. The van der Waals surface area contributed by atoms with Crippen LogP contribution in [0.4, 0.5) is 11.4 Å². The highest BCUT2D eigenvalue weighted by atomic mass is 35.5. The molecule has 5 heteroatoms. The van der Waals surface area contributed by atoms with E-state index >= 15 is 0 Å². The maximum atomic E-state index is 11.3. The van der Waals surface area contributed by atoms with Gasteiger partial charge in [0.1, 0.15) is 0 Å². The van der Waals surface area contributed by atoms with E-state index < -0.39 is 0 Å². The molecule has 2 N–H and O–H groups in total. The van der Waals surface area contributed by atoms with Gasteiger partial charge in [0.2, 0.25) is 0 Å². The van der Waals surface area contributed by atoms with E-state index in [-0.39, 0.29) is 24.2 Å². The summed E-state index contributed by atoms with van der Waals surface area (Å²) in [6.45, 7) is 0. The third kappa shape index (κ3) is 1.99. The molecule has 2 rings (SSSR count). The molecule has 0 radical (unpaired) electrons. The number of halogens is 1. The molecule has 4 nitrogen and oxygen atoms in total. The largest absolute Gasteiger partial charge is 0.399 e. The fourth-order valence-electron chi connectivity index (χ4n) is 1.28. The normalized spacial score (nSPS) is 14.3. The van der Waals surface area contributed by atoms with Gasteiger partial charge in [0.15, 0.2) is 0 Å². The molecule has 0 saturated heterocycles. The zero-order chi connectivity index (χ0) is 10.1. The van der Waals surface area contributed by atoms with Crippen molar-refractivity contribution in [1.82, 2.24) is 0 Å². The van der Waals surface area contributed by atoms with E-state index in [0.717, 1.165) is 4.90 Å². The third-order valence-corrected chi connectivity index (χ3v) is 1.96. The smallest absolute Gasteiger partial charge is 0.258 e. The standard InChI is InChI=1S/C10H8N2O2.ClH/c11-7-1-3-8(4-2-7)12-9(13)5-6-10(12)14;/h1-6H,11H2;1H. The summed E-state index contributed by atoms with van der Waals surface area (Å²) in [6.07, 6.45) is 2.50. The van der Waals surface area contributed by atoms with E-state index in [1.165, 1.54) is 12.2 Å². The van der Waals surface area contributed by atoms with Gasteiger partial charge in [-0.2, -0.15) is 0 Å². The number of hydrogen-bond acceptors (Lipinski definition) is 3. The van der Waals surface area contributed by atoms with Gasteiger partial charge in [-0.1, -0.05) is 0 Å². The highest BCUT2D eigenvalue weighted by Gasteiger charge is 2.24. The molecule has 15 heavy (non-hydrogen) atoms. The molecule has 0 saturated carbocycles. The number of rotatable bonds is 1. The zero-order valence-corrected chi connectivity index (χ0v) is 8.53. The molecule has 78 valence electrons. The first-order chi connectivity index (χ1) is 6.68. The van der Waals surface area contributed by atoms with Gasteiger partial charge in [-0.25, -0.2) is 4.90 Å². The molecule has 0 bridgehead atoms. The molecule has 1 aliphatic heterocycles. The van der Waals surface area contributed by atoms with E-state index in [4.69, 9.17) is 5.73 Å². The molecule has 0 fully saturated rings. The zero-order valence-electron chi connectivity index (χ0n) is 7.71. The molecule has 1 heterocycles. The van der Waals surface area contributed by atoms with Crippen LogP contribution in [-0.4, -0.2) is 11.8 Å². The molecule has 1 aliphatic rings. The Balaban J connectivity index is 0.00000112. The van der Waals surface area contributed by atoms with Gasteiger partial charge in [-0.05, 0) is 24.3 Å². The van der Waals surface area contributed by atoms with E-state index in [2.05, 4.69) is 0 Å². The average Bonchev–Trinajstić information content (AvgIpc) is 2.49. The van der Waals surface area contributed by atoms with Crippen LogP contribution in [0.1, 0.15) is 0 Å². The number of benzene rings is 1. The van der Waals surface area contributed by atoms with Crippen LogP contribution < -0.4 is 10.6 Å². The van der Waals surface area contributed by atoms with E-state index in [1.807, 2.05) is 0 Å². The van der Waals surface area contributed by atoms with Gasteiger partial charge in [-0.3, -0.25) is 9.59 Å².